The lowest BCUT2D eigenvalue weighted by Gasteiger charge is -2.21. The van der Waals surface area contributed by atoms with Crippen molar-refractivity contribution in [2.75, 3.05) is 24.2 Å². The van der Waals surface area contributed by atoms with Gasteiger partial charge in [-0.15, -0.1) is 11.8 Å². The first kappa shape index (κ1) is 13.8. The molecule has 0 saturated carbocycles. The maximum absolute atomic E-state index is 11.8. The number of hydrogen-bond donors (Lipinski definition) is 2. The fourth-order valence-corrected chi connectivity index (χ4v) is 3.07. The molecule has 1 fully saturated rings. The number of rotatable bonds is 4. The Hall–Kier alpha value is -0.590. The highest BCUT2D eigenvalue weighted by Gasteiger charge is 2.14. The summed E-state index contributed by atoms with van der Waals surface area (Å²) in [5.41, 5.74) is 0.745. The van der Waals surface area contributed by atoms with Gasteiger partial charge in [0, 0.05) is 5.25 Å². The first-order valence-corrected chi connectivity index (χ1v) is 7.82. The molecule has 2 N–H and O–H groups in total. The highest BCUT2D eigenvalue weighted by molar-refractivity contribution is 9.10. The van der Waals surface area contributed by atoms with Crippen LogP contribution >= 0.6 is 27.7 Å². The van der Waals surface area contributed by atoms with Crippen molar-refractivity contribution in [1.82, 2.24) is 10.3 Å². The fraction of sp³-hybridized carbons (Fsp3) is 0.500. The Kier molecular flexibility index (Phi) is 5.46. The van der Waals surface area contributed by atoms with Gasteiger partial charge >= 0.3 is 0 Å². The number of hydrogen-bond acceptors (Lipinski definition) is 4. The number of anilines is 1. The summed E-state index contributed by atoms with van der Waals surface area (Å²) in [4.78, 5) is 15.8. The zero-order valence-corrected chi connectivity index (χ0v) is 12.4. The van der Waals surface area contributed by atoms with Crippen LogP contribution in [0, 0.1) is 0 Å². The van der Waals surface area contributed by atoms with Gasteiger partial charge in [0.2, 0.25) is 5.91 Å². The van der Waals surface area contributed by atoms with Gasteiger partial charge in [0.05, 0.1) is 17.6 Å². The van der Waals surface area contributed by atoms with Gasteiger partial charge in [-0.05, 0) is 54.0 Å². The molecule has 98 valence electrons. The van der Waals surface area contributed by atoms with Crippen LogP contribution in [0.4, 0.5) is 5.69 Å². The molecule has 0 aromatic carbocycles. The Morgan fingerprint density at radius 1 is 1.50 bits per heavy atom. The van der Waals surface area contributed by atoms with Gasteiger partial charge < -0.3 is 10.6 Å². The van der Waals surface area contributed by atoms with E-state index in [1.54, 1.807) is 18.0 Å². The molecule has 0 unspecified atom stereocenters. The number of nitrogens with zero attached hydrogens (tertiary/aromatic N) is 1. The van der Waals surface area contributed by atoms with E-state index in [0.29, 0.717) is 11.0 Å². The van der Waals surface area contributed by atoms with Crippen LogP contribution in [0.15, 0.2) is 22.9 Å². The van der Waals surface area contributed by atoms with Crippen molar-refractivity contribution in [3.05, 3.63) is 22.9 Å². The Morgan fingerprint density at radius 3 is 2.94 bits per heavy atom. The highest BCUT2D eigenvalue weighted by Crippen LogP contribution is 2.20. The molecular weight excluding hydrogens is 314 g/mol. The number of carbonyl (C=O) groups excluding carboxylic acids is 1. The average Bonchev–Trinajstić information content (AvgIpc) is 2.40. The minimum atomic E-state index is 0.0441. The van der Waals surface area contributed by atoms with Gasteiger partial charge in [-0.3, -0.25) is 4.79 Å². The van der Waals surface area contributed by atoms with Crippen molar-refractivity contribution in [3.8, 4) is 0 Å². The van der Waals surface area contributed by atoms with Crippen LogP contribution in [-0.4, -0.2) is 35.0 Å². The van der Waals surface area contributed by atoms with Crippen LogP contribution < -0.4 is 10.6 Å². The van der Waals surface area contributed by atoms with Gasteiger partial charge in [-0.25, -0.2) is 4.98 Å². The minimum absolute atomic E-state index is 0.0441. The van der Waals surface area contributed by atoms with Gasteiger partial charge in [-0.1, -0.05) is 0 Å². The van der Waals surface area contributed by atoms with Gasteiger partial charge in [0.1, 0.15) is 4.60 Å². The number of nitrogens with one attached hydrogen (secondary N) is 2. The third kappa shape index (κ3) is 4.59. The van der Waals surface area contributed by atoms with Crippen molar-refractivity contribution >= 4 is 39.3 Å². The number of carbonyl (C=O) groups is 1. The van der Waals surface area contributed by atoms with Crippen LogP contribution in [0.25, 0.3) is 0 Å². The molecule has 1 aromatic rings. The Balaban J connectivity index is 1.73. The van der Waals surface area contributed by atoms with E-state index in [1.165, 1.54) is 0 Å². The molecule has 1 amide bonds. The zero-order valence-electron chi connectivity index (χ0n) is 9.99. The summed E-state index contributed by atoms with van der Waals surface area (Å²) >= 11 is 5.01. The predicted molar refractivity (Wildman–Crippen MR) is 78.9 cm³/mol. The lowest BCUT2D eigenvalue weighted by molar-refractivity contribution is -0.113. The summed E-state index contributed by atoms with van der Waals surface area (Å²) in [7, 11) is 0. The molecule has 0 spiro atoms. The Bertz CT molecular complexity index is 393. The smallest absolute Gasteiger partial charge is 0.234 e. The molecule has 1 aliphatic rings. The topological polar surface area (TPSA) is 54.0 Å². The molecule has 2 heterocycles. The molecule has 1 aliphatic heterocycles. The monoisotopic (exact) mass is 329 g/mol. The van der Waals surface area contributed by atoms with E-state index in [4.69, 9.17) is 0 Å². The maximum atomic E-state index is 11.8. The first-order valence-electron chi connectivity index (χ1n) is 5.98. The lowest BCUT2D eigenvalue weighted by Crippen LogP contribution is -2.30. The number of halogens is 1. The second-order valence-corrected chi connectivity index (χ2v) is 6.28. The molecule has 1 aromatic heterocycles. The maximum Gasteiger partial charge on any atom is 0.234 e. The number of thioether (sulfide) groups is 1. The molecule has 18 heavy (non-hydrogen) atoms. The van der Waals surface area contributed by atoms with E-state index in [-0.39, 0.29) is 5.91 Å². The van der Waals surface area contributed by atoms with Gasteiger partial charge in [-0.2, -0.15) is 0 Å². The highest BCUT2D eigenvalue weighted by atomic mass is 79.9. The summed E-state index contributed by atoms with van der Waals surface area (Å²) in [5.74, 6) is 0.559. The Labute approximate surface area is 119 Å². The summed E-state index contributed by atoms with van der Waals surface area (Å²) in [6.45, 7) is 2.13. The molecule has 0 radical (unpaired) electrons. The molecule has 2 rings (SSSR count). The molecule has 6 heteroatoms. The van der Waals surface area contributed by atoms with Crippen molar-refractivity contribution in [2.24, 2.45) is 0 Å². The number of piperidine rings is 1. The standard InChI is InChI=1S/C12H16BrN3OS/c13-11-2-1-9(7-15-11)16-12(17)8-18-10-3-5-14-6-4-10/h1-2,7,10,14H,3-6,8H2,(H,16,17). The number of aromatic nitrogens is 1. The molecule has 0 aliphatic carbocycles. The van der Waals surface area contributed by atoms with Crippen LogP contribution in [0.3, 0.4) is 0 Å². The third-order valence-electron chi connectivity index (χ3n) is 2.75. The van der Waals surface area contributed by atoms with E-state index in [0.717, 1.165) is 36.2 Å². The lowest BCUT2D eigenvalue weighted by atomic mass is 10.2. The largest absolute Gasteiger partial charge is 0.324 e. The van der Waals surface area contributed by atoms with Crippen LogP contribution in [-0.2, 0) is 4.79 Å². The molecule has 4 nitrogen and oxygen atoms in total. The second-order valence-electron chi connectivity index (χ2n) is 4.18. The van der Waals surface area contributed by atoms with Crippen molar-refractivity contribution in [3.63, 3.8) is 0 Å². The SMILES string of the molecule is O=C(CSC1CCNCC1)Nc1ccc(Br)nc1. The molecular formula is C12H16BrN3OS. The summed E-state index contributed by atoms with van der Waals surface area (Å²) in [5, 5.41) is 6.78. The van der Waals surface area contributed by atoms with Crippen molar-refractivity contribution in [1.29, 1.82) is 0 Å². The normalized spacial score (nSPS) is 16.5. The molecule has 1 saturated heterocycles. The quantitative estimate of drug-likeness (QED) is 0.832. The second kappa shape index (κ2) is 7.11. The van der Waals surface area contributed by atoms with Gasteiger partial charge in [0.25, 0.3) is 0 Å². The Morgan fingerprint density at radius 2 is 2.28 bits per heavy atom. The summed E-state index contributed by atoms with van der Waals surface area (Å²) in [6, 6.07) is 3.65. The summed E-state index contributed by atoms with van der Waals surface area (Å²) in [6.07, 6.45) is 3.95. The van der Waals surface area contributed by atoms with E-state index in [1.807, 2.05) is 12.1 Å². The van der Waals surface area contributed by atoms with Crippen molar-refractivity contribution in [2.45, 2.75) is 18.1 Å². The van der Waals surface area contributed by atoms with E-state index < -0.39 is 0 Å². The summed E-state index contributed by atoms with van der Waals surface area (Å²) < 4.78 is 0.768. The van der Waals surface area contributed by atoms with E-state index in [2.05, 4.69) is 31.5 Å². The predicted octanol–water partition coefficient (Wildman–Crippen LogP) is 2.27. The third-order valence-corrected chi connectivity index (χ3v) is 4.59. The molecule has 0 bridgehead atoms. The van der Waals surface area contributed by atoms with Crippen molar-refractivity contribution < 1.29 is 4.79 Å². The fourth-order valence-electron chi connectivity index (χ4n) is 1.80. The zero-order chi connectivity index (χ0) is 12.8. The first-order chi connectivity index (χ1) is 8.74. The van der Waals surface area contributed by atoms with Crippen LogP contribution in [0.1, 0.15) is 12.8 Å². The number of pyridine rings is 1. The van der Waals surface area contributed by atoms with Gasteiger partial charge in [0.15, 0.2) is 0 Å². The van der Waals surface area contributed by atoms with Crippen LogP contribution in [0.5, 0.6) is 0 Å². The molecule has 0 atom stereocenters. The number of amides is 1. The van der Waals surface area contributed by atoms with Crippen LogP contribution in [0.2, 0.25) is 0 Å². The van der Waals surface area contributed by atoms with E-state index in [9.17, 15) is 4.79 Å². The van der Waals surface area contributed by atoms with E-state index >= 15 is 0 Å². The average molecular weight is 330 g/mol. The minimum Gasteiger partial charge on any atom is -0.324 e.